The number of rotatable bonds is 7. The maximum Gasteiger partial charge on any atom is 0.233 e. The Morgan fingerprint density at radius 2 is 1.82 bits per heavy atom. The van der Waals surface area contributed by atoms with E-state index in [1.54, 1.807) is 12.1 Å². The van der Waals surface area contributed by atoms with Gasteiger partial charge in [-0.25, -0.2) is 9.37 Å². The van der Waals surface area contributed by atoms with Gasteiger partial charge in [0.15, 0.2) is 5.11 Å². The molecule has 0 spiro atoms. The Morgan fingerprint density at radius 3 is 2.57 bits per heavy atom. The van der Waals surface area contributed by atoms with Crippen LogP contribution in [0, 0.1) is 5.82 Å². The molecule has 3 rings (SSSR count). The lowest BCUT2D eigenvalue weighted by atomic mass is 10.1. The molecule has 0 radical (unpaired) electrons. The van der Waals surface area contributed by atoms with Crippen molar-refractivity contribution < 1.29 is 9.13 Å². The second-order valence-electron chi connectivity index (χ2n) is 5.88. The predicted molar refractivity (Wildman–Crippen MR) is 113 cm³/mol. The van der Waals surface area contributed by atoms with Crippen LogP contribution in [-0.4, -0.2) is 21.6 Å². The summed E-state index contributed by atoms with van der Waals surface area (Å²) in [7, 11) is 0. The van der Waals surface area contributed by atoms with Crippen LogP contribution in [0.15, 0.2) is 60.7 Å². The van der Waals surface area contributed by atoms with Crippen LogP contribution in [0.4, 0.5) is 10.3 Å². The van der Waals surface area contributed by atoms with Gasteiger partial charge in [0.2, 0.25) is 11.8 Å². The number of thiocarbonyl (C=S) groups is 1. The number of para-hydroxylation sites is 1. The summed E-state index contributed by atoms with van der Waals surface area (Å²) in [6, 6.07) is 17.3. The van der Waals surface area contributed by atoms with Crippen LogP contribution in [-0.2, 0) is 6.42 Å². The summed E-state index contributed by atoms with van der Waals surface area (Å²) in [6.45, 7) is 0.650. The number of aryl methyl sites for hydroxylation is 1. The van der Waals surface area contributed by atoms with E-state index < -0.39 is 0 Å². The molecule has 0 aliphatic heterocycles. The molecule has 8 heteroatoms. The Balaban J connectivity index is 1.48. The molecule has 0 saturated carbocycles. The highest BCUT2D eigenvalue weighted by Crippen LogP contribution is 2.22. The van der Waals surface area contributed by atoms with E-state index in [0.717, 1.165) is 18.4 Å². The van der Waals surface area contributed by atoms with Crippen molar-refractivity contribution >= 4 is 34.9 Å². The lowest BCUT2D eigenvalue weighted by molar-refractivity contribution is 0.462. The zero-order chi connectivity index (χ0) is 19.8. The molecular formula is C20H18ClFN4OS. The Kier molecular flexibility index (Phi) is 7.11. The van der Waals surface area contributed by atoms with Gasteiger partial charge in [-0.3, -0.25) is 0 Å². The summed E-state index contributed by atoms with van der Waals surface area (Å²) >= 11 is 11.3. The first-order valence-electron chi connectivity index (χ1n) is 8.65. The third kappa shape index (κ3) is 6.44. The smallest absolute Gasteiger partial charge is 0.233 e. The van der Waals surface area contributed by atoms with Gasteiger partial charge in [-0.05, 0) is 54.9 Å². The number of aromatic nitrogens is 2. The van der Waals surface area contributed by atoms with E-state index >= 15 is 0 Å². The summed E-state index contributed by atoms with van der Waals surface area (Å²) < 4.78 is 18.6. The summed E-state index contributed by atoms with van der Waals surface area (Å²) in [6.07, 6.45) is 1.66. The van der Waals surface area contributed by atoms with Crippen LogP contribution in [0.25, 0.3) is 0 Å². The second-order valence-corrected chi connectivity index (χ2v) is 6.67. The number of ether oxygens (including phenoxy) is 1. The number of benzene rings is 2. The van der Waals surface area contributed by atoms with Gasteiger partial charge in [-0.15, -0.1) is 0 Å². The quantitative estimate of drug-likeness (QED) is 0.322. The van der Waals surface area contributed by atoms with E-state index in [-0.39, 0.29) is 16.9 Å². The second kappa shape index (κ2) is 9.96. The number of nitrogens with zero attached hydrogens (tertiary/aromatic N) is 2. The van der Waals surface area contributed by atoms with Crippen LogP contribution in [0.5, 0.6) is 11.6 Å². The van der Waals surface area contributed by atoms with Crippen molar-refractivity contribution in [1.82, 2.24) is 15.3 Å². The van der Waals surface area contributed by atoms with Crippen LogP contribution in [0.1, 0.15) is 12.0 Å². The molecule has 1 aromatic heterocycles. The maximum atomic E-state index is 12.9. The van der Waals surface area contributed by atoms with E-state index in [2.05, 4.69) is 20.6 Å². The van der Waals surface area contributed by atoms with Crippen molar-refractivity contribution in [3.63, 3.8) is 0 Å². The average Bonchev–Trinajstić information content (AvgIpc) is 2.67. The topological polar surface area (TPSA) is 59.1 Å². The van der Waals surface area contributed by atoms with Gasteiger partial charge >= 0.3 is 0 Å². The fourth-order valence-electron chi connectivity index (χ4n) is 2.41. The number of anilines is 1. The van der Waals surface area contributed by atoms with Crippen LogP contribution < -0.4 is 15.4 Å². The molecule has 3 aromatic rings. The van der Waals surface area contributed by atoms with E-state index in [4.69, 9.17) is 28.6 Å². The lowest BCUT2D eigenvalue weighted by Crippen LogP contribution is -2.30. The molecule has 0 fully saturated rings. The number of hydrogen-bond acceptors (Lipinski definition) is 4. The Bertz CT molecular complexity index is 925. The van der Waals surface area contributed by atoms with Gasteiger partial charge in [0.25, 0.3) is 0 Å². The van der Waals surface area contributed by atoms with E-state index in [1.807, 2.05) is 30.3 Å². The molecule has 0 amide bonds. The third-order valence-corrected chi connectivity index (χ3v) is 4.14. The van der Waals surface area contributed by atoms with Gasteiger partial charge in [-0.1, -0.05) is 41.9 Å². The molecule has 0 aliphatic carbocycles. The minimum atomic E-state index is -0.232. The molecule has 5 nitrogen and oxygen atoms in total. The van der Waals surface area contributed by atoms with Gasteiger partial charge < -0.3 is 15.4 Å². The van der Waals surface area contributed by atoms with Crippen molar-refractivity contribution in [2.45, 2.75) is 12.8 Å². The largest absolute Gasteiger partial charge is 0.439 e. The molecule has 2 N–H and O–H groups in total. The van der Waals surface area contributed by atoms with Crippen molar-refractivity contribution in [1.29, 1.82) is 0 Å². The molecule has 1 heterocycles. The molecule has 0 aliphatic rings. The van der Waals surface area contributed by atoms with Crippen molar-refractivity contribution in [2.75, 3.05) is 11.9 Å². The maximum absolute atomic E-state index is 12.9. The fourth-order valence-corrected chi connectivity index (χ4v) is 2.77. The zero-order valence-corrected chi connectivity index (χ0v) is 16.4. The van der Waals surface area contributed by atoms with Crippen LogP contribution in [0.3, 0.4) is 0 Å². The molecule has 28 heavy (non-hydrogen) atoms. The summed E-state index contributed by atoms with van der Waals surface area (Å²) in [5.41, 5.74) is 1.07. The molecule has 0 unspecified atom stereocenters. The summed E-state index contributed by atoms with van der Waals surface area (Å²) in [5.74, 6) is 0.969. The highest BCUT2D eigenvalue weighted by molar-refractivity contribution is 7.80. The average molecular weight is 417 g/mol. The monoisotopic (exact) mass is 416 g/mol. The van der Waals surface area contributed by atoms with Crippen LogP contribution in [0.2, 0.25) is 5.15 Å². The minimum Gasteiger partial charge on any atom is -0.439 e. The standard InChI is InChI=1S/C20H18ClFN4OS/c21-17-13-18(27-16-6-2-1-3-7-16)25-19(24-17)26-20(28)23-12-4-5-14-8-10-15(22)11-9-14/h1-3,6-11,13H,4-5,12H2,(H2,23,24,25,26,28). The van der Waals surface area contributed by atoms with Crippen molar-refractivity contribution in [2.24, 2.45) is 0 Å². The number of nitrogens with one attached hydrogen (secondary N) is 2. The first-order chi connectivity index (χ1) is 13.6. The molecule has 0 atom stereocenters. The van der Waals surface area contributed by atoms with Gasteiger partial charge in [0, 0.05) is 12.6 Å². The van der Waals surface area contributed by atoms with E-state index in [9.17, 15) is 4.39 Å². The summed E-state index contributed by atoms with van der Waals surface area (Å²) in [4.78, 5) is 8.36. The number of hydrogen-bond donors (Lipinski definition) is 2. The van der Waals surface area contributed by atoms with Crippen molar-refractivity contribution in [3.8, 4) is 11.6 Å². The zero-order valence-electron chi connectivity index (χ0n) is 14.9. The van der Waals surface area contributed by atoms with Gasteiger partial charge in [-0.2, -0.15) is 4.98 Å². The van der Waals surface area contributed by atoms with Gasteiger partial charge in [0.05, 0.1) is 0 Å². The number of halogens is 2. The van der Waals surface area contributed by atoms with Crippen molar-refractivity contribution in [3.05, 3.63) is 77.2 Å². The van der Waals surface area contributed by atoms with E-state index in [1.165, 1.54) is 18.2 Å². The SMILES string of the molecule is Fc1ccc(CCCNC(=S)Nc2nc(Cl)cc(Oc3ccccc3)n2)cc1. The molecule has 2 aromatic carbocycles. The Morgan fingerprint density at radius 1 is 1.07 bits per heavy atom. The highest BCUT2D eigenvalue weighted by atomic mass is 35.5. The first-order valence-corrected chi connectivity index (χ1v) is 9.44. The van der Waals surface area contributed by atoms with Gasteiger partial charge in [0.1, 0.15) is 16.7 Å². The fraction of sp³-hybridized carbons (Fsp3) is 0.150. The summed E-state index contributed by atoms with van der Waals surface area (Å²) in [5, 5.41) is 6.60. The van der Waals surface area contributed by atoms with E-state index in [0.29, 0.717) is 23.3 Å². The Hall–Kier alpha value is -2.77. The first kappa shape index (κ1) is 20.0. The molecule has 144 valence electrons. The normalized spacial score (nSPS) is 10.4. The predicted octanol–water partition coefficient (Wildman–Crippen LogP) is 4.98. The molecule has 0 bridgehead atoms. The van der Waals surface area contributed by atoms with Crippen LogP contribution >= 0.6 is 23.8 Å². The Labute approximate surface area is 172 Å². The minimum absolute atomic E-state index is 0.232. The third-order valence-electron chi connectivity index (χ3n) is 3.70. The molecule has 0 saturated heterocycles. The molecular weight excluding hydrogens is 399 g/mol. The lowest BCUT2D eigenvalue weighted by Gasteiger charge is -2.11. The highest BCUT2D eigenvalue weighted by Gasteiger charge is 2.07.